The highest BCUT2D eigenvalue weighted by Gasteiger charge is 2.15. The molecule has 0 unspecified atom stereocenters. The molecular formula is C24H20N2O4S. The maximum absolute atomic E-state index is 13.1. The van der Waals surface area contributed by atoms with E-state index in [1.54, 1.807) is 24.3 Å². The number of thiazole rings is 1. The molecule has 0 aliphatic carbocycles. The fourth-order valence-corrected chi connectivity index (χ4v) is 4.49. The maximum Gasteiger partial charge on any atom is 0.337 e. The van der Waals surface area contributed by atoms with E-state index in [0.29, 0.717) is 28.2 Å². The quantitative estimate of drug-likeness (QED) is 0.342. The largest absolute Gasteiger partial charge is 0.496 e. The van der Waals surface area contributed by atoms with Crippen LogP contribution in [0.25, 0.3) is 21.0 Å². The highest BCUT2D eigenvalue weighted by molar-refractivity contribution is 7.16. The van der Waals surface area contributed by atoms with E-state index in [1.165, 1.54) is 25.6 Å². The number of fused-ring (bicyclic) bond motifs is 2. The molecule has 3 aromatic carbocycles. The molecule has 1 heterocycles. The van der Waals surface area contributed by atoms with Gasteiger partial charge in [-0.05, 0) is 41.1 Å². The Balaban J connectivity index is 1.87. The van der Waals surface area contributed by atoms with Gasteiger partial charge in [0.15, 0.2) is 4.80 Å². The summed E-state index contributed by atoms with van der Waals surface area (Å²) in [5.74, 6) is -0.349. The number of methoxy groups -OCH3 is 2. The van der Waals surface area contributed by atoms with Gasteiger partial charge in [0.2, 0.25) is 0 Å². The number of carbonyl (C=O) groups is 2. The van der Waals surface area contributed by atoms with Crippen molar-refractivity contribution in [1.82, 2.24) is 4.57 Å². The highest BCUT2D eigenvalue weighted by Crippen LogP contribution is 2.27. The summed E-state index contributed by atoms with van der Waals surface area (Å²) in [6, 6.07) is 16.6. The first-order chi connectivity index (χ1) is 15.0. The van der Waals surface area contributed by atoms with Crippen molar-refractivity contribution >= 4 is 44.2 Å². The first-order valence-corrected chi connectivity index (χ1v) is 10.4. The van der Waals surface area contributed by atoms with Gasteiger partial charge in [0.1, 0.15) is 5.75 Å². The van der Waals surface area contributed by atoms with Crippen LogP contribution in [0.4, 0.5) is 0 Å². The molecule has 0 aliphatic rings. The Kier molecular flexibility index (Phi) is 5.68. The summed E-state index contributed by atoms with van der Waals surface area (Å²) < 4.78 is 13.0. The van der Waals surface area contributed by atoms with Gasteiger partial charge in [0, 0.05) is 6.54 Å². The number of amides is 1. The summed E-state index contributed by atoms with van der Waals surface area (Å²) in [5.41, 5.74) is 1.68. The zero-order valence-electron chi connectivity index (χ0n) is 17.1. The van der Waals surface area contributed by atoms with E-state index in [-0.39, 0.29) is 0 Å². The molecule has 156 valence electrons. The molecule has 0 saturated heterocycles. The first kappa shape index (κ1) is 20.6. The number of ether oxygens (including phenoxy) is 2. The van der Waals surface area contributed by atoms with Gasteiger partial charge in [-0.25, -0.2) is 4.79 Å². The van der Waals surface area contributed by atoms with E-state index in [1.807, 2.05) is 41.0 Å². The third kappa shape index (κ3) is 3.87. The van der Waals surface area contributed by atoms with Crippen molar-refractivity contribution in [3.05, 3.63) is 83.2 Å². The summed E-state index contributed by atoms with van der Waals surface area (Å²) >= 11 is 1.33. The van der Waals surface area contributed by atoms with E-state index in [0.717, 1.165) is 21.0 Å². The standard InChI is InChI=1S/C24H20N2O4S/c1-4-11-26-19-10-9-17(23(28)30-3)14-21(19)31-24(26)25-22(27)18-12-15-7-5-6-8-16(15)13-20(18)29-2/h4-10,12-14H,1,11H2,2-3H3. The monoisotopic (exact) mass is 432 g/mol. The first-order valence-electron chi connectivity index (χ1n) is 9.54. The molecule has 0 bridgehead atoms. The normalized spacial score (nSPS) is 11.6. The lowest BCUT2D eigenvalue weighted by atomic mass is 10.1. The minimum atomic E-state index is -0.416. The molecule has 0 aliphatic heterocycles. The summed E-state index contributed by atoms with van der Waals surface area (Å²) in [7, 11) is 2.88. The molecular weight excluding hydrogens is 412 g/mol. The predicted octanol–water partition coefficient (Wildman–Crippen LogP) is 4.58. The molecule has 1 amide bonds. The van der Waals surface area contributed by atoms with Gasteiger partial charge >= 0.3 is 5.97 Å². The number of nitrogens with zero attached hydrogens (tertiary/aromatic N) is 2. The van der Waals surface area contributed by atoms with Crippen molar-refractivity contribution in [2.24, 2.45) is 4.99 Å². The van der Waals surface area contributed by atoms with Crippen LogP contribution in [0, 0.1) is 0 Å². The number of hydrogen-bond donors (Lipinski definition) is 0. The molecule has 31 heavy (non-hydrogen) atoms. The summed E-state index contributed by atoms with van der Waals surface area (Å²) in [6.45, 7) is 4.28. The van der Waals surface area contributed by atoms with Gasteiger partial charge < -0.3 is 14.0 Å². The number of carbonyl (C=O) groups excluding carboxylic acids is 2. The molecule has 0 radical (unpaired) electrons. The number of esters is 1. The summed E-state index contributed by atoms with van der Waals surface area (Å²) in [5, 5.41) is 1.91. The van der Waals surface area contributed by atoms with Gasteiger partial charge in [-0.1, -0.05) is 41.7 Å². The average Bonchev–Trinajstić information content (AvgIpc) is 3.13. The third-order valence-corrected chi connectivity index (χ3v) is 5.95. The molecule has 0 atom stereocenters. The molecule has 1 aromatic heterocycles. The topological polar surface area (TPSA) is 69.9 Å². The van der Waals surface area contributed by atoms with Gasteiger partial charge in [0.05, 0.1) is 35.6 Å². The molecule has 6 nitrogen and oxygen atoms in total. The molecule has 7 heteroatoms. The Morgan fingerprint density at radius 3 is 2.52 bits per heavy atom. The SMILES string of the molecule is C=CCn1c(=NC(=O)c2cc3ccccc3cc2OC)sc2cc(C(=O)OC)ccc21. The number of rotatable bonds is 5. The van der Waals surface area contributed by atoms with Crippen LogP contribution in [0.5, 0.6) is 5.75 Å². The Hall–Kier alpha value is -3.71. The minimum absolute atomic E-state index is 0.388. The lowest BCUT2D eigenvalue weighted by Crippen LogP contribution is -2.16. The lowest BCUT2D eigenvalue weighted by molar-refractivity contribution is 0.0600. The van der Waals surface area contributed by atoms with Crippen LogP contribution in [0.3, 0.4) is 0 Å². The van der Waals surface area contributed by atoms with Crippen LogP contribution in [-0.4, -0.2) is 30.7 Å². The highest BCUT2D eigenvalue weighted by atomic mass is 32.1. The molecule has 0 N–H and O–H groups in total. The second-order valence-electron chi connectivity index (χ2n) is 6.77. The fraction of sp³-hybridized carbons (Fsp3) is 0.125. The molecule has 0 spiro atoms. The summed E-state index contributed by atoms with van der Waals surface area (Å²) in [6.07, 6.45) is 1.74. The van der Waals surface area contributed by atoms with Crippen LogP contribution < -0.4 is 9.54 Å². The Morgan fingerprint density at radius 2 is 1.84 bits per heavy atom. The van der Waals surface area contributed by atoms with Crippen LogP contribution in [-0.2, 0) is 11.3 Å². The molecule has 0 fully saturated rings. The van der Waals surface area contributed by atoms with Gasteiger partial charge in [-0.3, -0.25) is 4.79 Å². The predicted molar refractivity (Wildman–Crippen MR) is 122 cm³/mol. The van der Waals surface area contributed by atoms with Crippen molar-refractivity contribution in [1.29, 1.82) is 0 Å². The number of benzene rings is 3. The zero-order valence-corrected chi connectivity index (χ0v) is 17.9. The number of allylic oxidation sites excluding steroid dienone is 1. The smallest absolute Gasteiger partial charge is 0.337 e. The number of aromatic nitrogens is 1. The second-order valence-corrected chi connectivity index (χ2v) is 7.78. The molecule has 0 saturated carbocycles. The van der Waals surface area contributed by atoms with Crippen molar-refractivity contribution in [3.8, 4) is 5.75 Å². The van der Waals surface area contributed by atoms with E-state index in [9.17, 15) is 9.59 Å². The second kappa shape index (κ2) is 8.57. The minimum Gasteiger partial charge on any atom is -0.496 e. The van der Waals surface area contributed by atoms with Crippen molar-refractivity contribution in [2.75, 3.05) is 14.2 Å². The fourth-order valence-electron chi connectivity index (χ4n) is 3.41. The summed E-state index contributed by atoms with van der Waals surface area (Å²) in [4.78, 5) is 29.9. The lowest BCUT2D eigenvalue weighted by Gasteiger charge is -2.08. The average molecular weight is 433 g/mol. The van der Waals surface area contributed by atoms with Crippen molar-refractivity contribution in [2.45, 2.75) is 6.54 Å². The number of hydrogen-bond acceptors (Lipinski definition) is 5. The van der Waals surface area contributed by atoms with E-state index >= 15 is 0 Å². The Labute approximate surface area is 182 Å². The van der Waals surface area contributed by atoms with Crippen molar-refractivity contribution in [3.63, 3.8) is 0 Å². The third-order valence-electron chi connectivity index (χ3n) is 4.91. The molecule has 4 rings (SSSR count). The van der Waals surface area contributed by atoms with Crippen LogP contribution in [0.2, 0.25) is 0 Å². The van der Waals surface area contributed by atoms with Crippen LogP contribution in [0.1, 0.15) is 20.7 Å². The maximum atomic E-state index is 13.1. The van der Waals surface area contributed by atoms with Crippen LogP contribution in [0.15, 0.2) is 72.2 Å². The van der Waals surface area contributed by atoms with E-state index < -0.39 is 11.9 Å². The van der Waals surface area contributed by atoms with E-state index in [2.05, 4.69) is 11.6 Å². The Morgan fingerprint density at radius 1 is 1.10 bits per heavy atom. The van der Waals surface area contributed by atoms with Gasteiger partial charge in [-0.15, -0.1) is 6.58 Å². The molecule has 4 aromatic rings. The van der Waals surface area contributed by atoms with E-state index in [4.69, 9.17) is 9.47 Å². The zero-order chi connectivity index (χ0) is 22.0. The van der Waals surface area contributed by atoms with Gasteiger partial charge in [-0.2, -0.15) is 4.99 Å². The van der Waals surface area contributed by atoms with Gasteiger partial charge in [0.25, 0.3) is 5.91 Å². The Bertz CT molecular complexity index is 1400. The van der Waals surface area contributed by atoms with Crippen molar-refractivity contribution < 1.29 is 19.1 Å². The van der Waals surface area contributed by atoms with Crippen LogP contribution >= 0.6 is 11.3 Å².